The molecule has 0 aliphatic carbocycles. The largest absolute Gasteiger partial charge is 0.387 e. The summed E-state index contributed by atoms with van der Waals surface area (Å²) in [4.78, 5) is 2.29. The van der Waals surface area contributed by atoms with Gasteiger partial charge in [0.15, 0.2) is 11.6 Å². The highest BCUT2D eigenvalue weighted by Crippen LogP contribution is 2.15. The normalized spacial score (nSPS) is 13.1. The highest BCUT2D eigenvalue weighted by Gasteiger charge is 2.10. The monoisotopic (exact) mass is 300 g/mol. The molecular weight excluding hydrogens is 274 g/mol. The first kappa shape index (κ1) is 18.0. The van der Waals surface area contributed by atoms with E-state index in [1.807, 2.05) is 0 Å². The molecule has 0 spiro atoms. The summed E-state index contributed by atoms with van der Waals surface area (Å²) in [7, 11) is 2.10. The Kier molecular flexibility index (Phi) is 7.78. The molecule has 120 valence electrons. The number of hydrogen-bond donors (Lipinski definition) is 2. The van der Waals surface area contributed by atoms with Crippen molar-refractivity contribution in [2.75, 3.05) is 26.7 Å². The third-order valence-corrected chi connectivity index (χ3v) is 3.66. The zero-order chi connectivity index (χ0) is 15.8. The molecule has 1 aromatic carbocycles. The minimum Gasteiger partial charge on any atom is -0.387 e. The van der Waals surface area contributed by atoms with Crippen LogP contribution in [-0.2, 0) is 0 Å². The van der Waals surface area contributed by atoms with E-state index in [2.05, 4.69) is 31.1 Å². The number of rotatable bonds is 9. The Morgan fingerprint density at radius 3 is 2.52 bits per heavy atom. The molecule has 0 aromatic heterocycles. The Hall–Kier alpha value is -1.04. The van der Waals surface area contributed by atoms with E-state index in [1.165, 1.54) is 6.07 Å². The number of aliphatic hydroxyl groups excluding tert-OH is 1. The van der Waals surface area contributed by atoms with Gasteiger partial charge in [-0.2, -0.15) is 0 Å². The molecule has 0 heterocycles. The number of hydrogen-bond acceptors (Lipinski definition) is 3. The smallest absolute Gasteiger partial charge is 0.159 e. The molecule has 1 unspecified atom stereocenters. The van der Waals surface area contributed by atoms with Gasteiger partial charge in [0.1, 0.15) is 0 Å². The molecule has 1 atom stereocenters. The topological polar surface area (TPSA) is 35.5 Å². The van der Waals surface area contributed by atoms with Crippen LogP contribution in [0.4, 0.5) is 8.78 Å². The quantitative estimate of drug-likeness (QED) is 0.688. The van der Waals surface area contributed by atoms with Crippen molar-refractivity contribution in [1.29, 1.82) is 0 Å². The lowest BCUT2D eigenvalue weighted by atomic mass is 10.1. The lowest BCUT2D eigenvalue weighted by Crippen LogP contribution is -2.28. The second kappa shape index (κ2) is 9.07. The van der Waals surface area contributed by atoms with E-state index in [-0.39, 0.29) is 0 Å². The molecule has 0 fully saturated rings. The van der Waals surface area contributed by atoms with Gasteiger partial charge in [0, 0.05) is 12.6 Å². The van der Waals surface area contributed by atoms with Gasteiger partial charge in [-0.05, 0) is 64.5 Å². The highest BCUT2D eigenvalue weighted by atomic mass is 19.2. The Labute approximate surface area is 126 Å². The van der Waals surface area contributed by atoms with Gasteiger partial charge in [0.2, 0.25) is 0 Å². The summed E-state index contributed by atoms with van der Waals surface area (Å²) in [5.41, 5.74) is 0.390. The van der Waals surface area contributed by atoms with Crippen LogP contribution in [0.5, 0.6) is 0 Å². The first-order valence-corrected chi connectivity index (χ1v) is 7.45. The van der Waals surface area contributed by atoms with Crippen molar-refractivity contribution in [2.24, 2.45) is 0 Å². The third kappa shape index (κ3) is 6.50. The predicted octanol–water partition coefficient (Wildman–Crippen LogP) is 2.71. The van der Waals surface area contributed by atoms with Crippen LogP contribution in [0.3, 0.4) is 0 Å². The standard InChI is InChI=1S/C16H26F2N2O/c1-12(2)20(3)9-5-4-8-19-11-16(21)13-6-7-14(17)15(18)10-13/h6-7,10,12,16,19,21H,4-5,8-9,11H2,1-3H3. The minimum atomic E-state index is -0.928. The van der Waals surface area contributed by atoms with Crippen LogP contribution in [0.2, 0.25) is 0 Å². The fourth-order valence-corrected chi connectivity index (χ4v) is 1.95. The molecule has 0 bridgehead atoms. The second-order valence-corrected chi connectivity index (χ2v) is 5.67. The average molecular weight is 300 g/mol. The molecule has 0 radical (unpaired) electrons. The summed E-state index contributed by atoms with van der Waals surface area (Å²) in [6, 6.07) is 4.03. The van der Waals surface area contributed by atoms with Crippen molar-refractivity contribution >= 4 is 0 Å². The molecule has 0 saturated carbocycles. The number of nitrogens with one attached hydrogen (secondary N) is 1. The molecule has 0 aliphatic heterocycles. The summed E-state index contributed by atoms with van der Waals surface area (Å²) in [6.07, 6.45) is 1.28. The van der Waals surface area contributed by atoms with Crippen LogP contribution in [0.25, 0.3) is 0 Å². The van der Waals surface area contributed by atoms with Crippen molar-refractivity contribution in [3.05, 3.63) is 35.4 Å². The number of aliphatic hydroxyl groups is 1. The van der Waals surface area contributed by atoms with Crippen LogP contribution in [0, 0.1) is 11.6 Å². The predicted molar refractivity (Wildman–Crippen MR) is 81.2 cm³/mol. The lowest BCUT2D eigenvalue weighted by molar-refractivity contribution is 0.173. The van der Waals surface area contributed by atoms with Gasteiger partial charge in [0.25, 0.3) is 0 Å². The molecule has 2 N–H and O–H groups in total. The first-order valence-electron chi connectivity index (χ1n) is 7.45. The van der Waals surface area contributed by atoms with Gasteiger partial charge < -0.3 is 15.3 Å². The van der Waals surface area contributed by atoms with Crippen LogP contribution in [0.1, 0.15) is 38.4 Å². The number of nitrogens with zero attached hydrogens (tertiary/aromatic N) is 1. The summed E-state index contributed by atoms with van der Waals surface area (Å²) in [5.74, 6) is -1.82. The summed E-state index contributed by atoms with van der Waals surface area (Å²) >= 11 is 0. The van der Waals surface area contributed by atoms with Crippen LogP contribution in [-0.4, -0.2) is 42.7 Å². The SMILES string of the molecule is CC(C)N(C)CCCCNCC(O)c1ccc(F)c(F)c1. The molecular formula is C16H26F2N2O. The zero-order valence-corrected chi connectivity index (χ0v) is 13.1. The molecule has 1 aromatic rings. The van der Waals surface area contributed by atoms with E-state index in [4.69, 9.17) is 0 Å². The maximum atomic E-state index is 13.1. The van der Waals surface area contributed by atoms with E-state index in [0.29, 0.717) is 18.2 Å². The lowest BCUT2D eigenvalue weighted by Gasteiger charge is -2.20. The van der Waals surface area contributed by atoms with Gasteiger partial charge in [0.05, 0.1) is 6.10 Å². The number of benzene rings is 1. The van der Waals surface area contributed by atoms with E-state index in [9.17, 15) is 13.9 Å². The van der Waals surface area contributed by atoms with Crippen LogP contribution >= 0.6 is 0 Å². The third-order valence-electron chi connectivity index (χ3n) is 3.66. The summed E-state index contributed by atoms with van der Waals surface area (Å²) in [5, 5.41) is 13.0. The van der Waals surface area contributed by atoms with Gasteiger partial charge in [-0.15, -0.1) is 0 Å². The Morgan fingerprint density at radius 2 is 1.90 bits per heavy atom. The van der Waals surface area contributed by atoms with Crippen molar-refractivity contribution in [3.8, 4) is 0 Å². The van der Waals surface area contributed by atoms with E-state index < -0.39 is 17.7 Å². The van der Waals surface area contributed by atoms with Crippen molar-refractivity contribution < 1.29 is 13.9 Å². The molecule has 0 amide bonds. The summed E-state index contributed by atoms with van der Waals surface area (Å²) in [6.45, 7) is 6.51. The van der Waals surface area contributed by atoms with Gasteiger partial charge >= 0.3 is 0 Å². The zero-order valence-electron chi connectivity index (χ0n) is 13.1. The molecule has 3 nitrogen and oxygen atoms in total. The van der Waals surface area contributed by atoms with Gasteiger partial charge in [-0.1, -0.05) is 6.07 Å². The van der Waals surface area contributed by atoms with Gasteiger partial charge in [-0.3, -0.25) is 0 Å². The fourth-order valence-electron chi connectivity index (χ4n) is 1.95. The maximum absolute atomic E-state index is 13.1. The number of halogens is 2. The van der Waals surface area contributed by atoms with Crippen LogP contribution < -0.4 is 5.32 Å². The molecule has 5 heteroatoms. The molecule has 0 aliphatic rings. The molecule has 0 saturated heterocycles. The number of unbranched alkanes of at least 4 members (excludes halogenated alkanes) is 1. The van der Waals surface area contributed by atoms with Crippen molar-refractivity contribution in [2.45, 2.75) is 38.8 Å². The maximum Gasteiger partial charge on any atom is 0.159 e. The minimum absolute atomic E-state index is 0.338. The highest BCUT2D eigenvalue weighted by molar-refractivity contribution is 5.20. The average Bonchev–Trinajstić information content (AvgIpc) is 2.44. The van der Waals surface area contributed by atoms with Crippen LogP contribution in [0.15, 0.2) is 18.2 Å². The van der Waals surface area contributed by atoms with E-state index in [1.54, 1.807) is 0 Å². The van der Waals surface area contributed by atoms with E-state index in [0.717, 1.165) is 38.1 Å². The summed E-state index contributed by atoms with van der Waals surface area (Å²) < 4.78 is 25.9. The fraction of sp³-hybridized carbons (Fsp3) is 0.625. The molecule has 1 rings (SSSR count). The Morgan fingerprint density at radius 1 is 1.19 bits per heavy atom. The van der Waals surface area contributed by atoms with E-state index >= 15 is 0 Å². The van der Waals surface area contributed by atoms with Crippen molar-refractivity contribution in [1.82, 2.24) is 10.2 Å². The Balaban J connectivity index is 2.19. The molecule has 21 heavy (non-hydrogen) atoms. The second-order valence-electron chi connectivity index (χ2n) is 5.67. The van der Waals surface area contributed by atoms with Gasteiger partial charge in [-0.25, -0.2) is 8.78 Å². The Bertz CT molecular complexity index is 427. The first-order chi connectivity index (χ1) is 9.91. The van der Waals surface area contributed by atoms with Crippen molar-refractivity contribution in [3.63, 3.8) is 0 Å².